The minimum atomic E-state index is 0.206. The van der Waals surface area contributed by atoms with Crippen molar-refractivity contribution in [1.82, 2.24) is 4.90 Å². The van der Waals surface area contributed by atoms with Crippen molar-refractivity contribution in [2.75, 3.05) is 31.5 Å². The van der Waals surface area contributed by atoms with Crippen LogP contribution >= 0.6 is 0 Å². The molecule has 0 aromatic heterocycles. The van der Waals surface area contributed by atoms with E-state index in [0.717, 1.165) is 38.3 Å². The second-order valence-corrected chi connectivity index (χ2v) is 5.76. The zero-order valence-electron chi connectivity index (χ0n) is 13.5. The van der Waals surface area contributed by atoms with Crippen molar-refractivity contribution in [1.29, 1.82) is 0 Å². The molecular weight excluding hydrogens is 246 g/mol. The highest BCUT2D eigenvalue weighted by molar-refractivity contribution is 5.44. The third-order valence-corrected chi connectivity index (χ3v) is 3.96. The highest BCUT2D eigenvalue weighted by Gasteiger charge is 2.06. The number of hydrogen-bond acceptors (Lipinski definition) is 3. The predicted octanol–water partition coefficient (Wildman–Crippen LogP) is 2.97. The number of rotatable bonds is 9. The quantitative estimate of drug-likeness (QED) is 0.729. The summed E-state index contributed by atoms with van der Waals surface area (Å²) in [5.41, 5.74) is 8.60. The van der Waals surface area contributed by atoms with Gasteiger partial charge in [0.1, 0.15) is 0 Å². The minimum absolute atomic E-state index is 0.206. The van der Waals surface area contributed by atoms with Crippen LogP contribution in [0.3, 0.4) is 0 Å². The molecule has 3 N–H and O–H groups in total. The molecule has 1 aromatic rings. The Morgan fingerprint density at radius 3 is 2.20 bits per heavy atom. The molecule has 1 unspecified atom stereocenters. The molecule has 0 spiro atoms. The van der Waals surface area contributed by atoms with Crippen LogP contribution in [0.4, 0.5) is 5.69 Å². The van der Waals surface area contributed by atoms with E-state index >= 15 is 0 Å². The molecule has 0 aliphatic carbocycles. The summed E-state index contributed by atoms with van der Waals surface area (Å²) in [6, 6.07) is 8.95. The van der Waals surface area contributed by atoms with Gasteiger partial charge in [0.2, 0.25) is 0 Å². The van der Waals surface area contributed by atoms with Crippen molar-refractivity contribution in [2.45, 2.75) is 40.2 Å². The summed E-state index contributed by atoms with van der Waals surface area (Å²) >= 11 is 0. The van der Waals surface area contributed by atoms with Crippen LogP contribution in [-0.4, -0.2) is 37.1 Å². The number of nitrogens with zero attached hydrogens (tertiary/aromatic N) is 1. The molecule has 1 rings (SSSR count). The van der Waals surface area contributed by atoms with Crippen molar-refractivity contribution in [3.05, 3.63) is 29.8 Å². The first kappa shape index (κ1) is 17.0. The topological polar surface area (TPSA) is 41.3 Å². The molecule has 0 heterocycles. The van der Waals surface area contributed by atoms with Crippen LogP contribution < -0.4 is 11.1 Å². The number of nitrogens with one attached hydrogen (secondary N) is 1. The maximum absolute atomic E-state index is 6.04. The summed E-state index contributed by atoms with van der Waals surface area (Å²) in [7, 11) is 0. The molecule has 0 bridgehead atoms. The molecule has 1 atom stereocenters. The van der Waals surface area contributed by atoms with E-state index in [9.17, 15) is 0 Å². The Morgan fingerprint density at radius 1 is 1.10 bits per heavy atom. The van der Waals surface area contributed by atoms with Crippen molar-refractivity contribution in [3.8, 4) is 0 Å². The normalized spacial score (nSPS) is 12.9. The minimum Gasteiger partial charge on any atom is -0.383 e. The van der Waals surface area contributed by atoms with Gasteiger partial charge in [-0.05, 0) is 43.1 Å². The Kier molecular flexibility index (Phi) is 7.63. The van der Waals surface area contributed by atoms with Gasteiger partial charge in [0.15, 0.2) is 0 Å². The number of hydrogen-bond donors (Lipinski definition) is 2. The Balaban J connectivity index is 2.40. The number of benzene rings is 1. The van der Waals surface area contributed by atoms with Crippen LogP contribution in [0.5, 0.6) is 0 Å². The Labute approximate surface area is 124 Å². The summed E-state index contributed by atoms with van der Waals surface area (Å²) in [5.74, 6) is 0.510. The zero-order valence-corrected chi connectivity index (χ0v) is 13.5. The molecule has 0 amide bonds. The highest BCUT2D eigenvalue weighted by Crippen LogP contribution is 2.11. The highest BCUT2D eigenvalue weighted by atomic mass is 15.1. The van der Waals surface area contributed by atoms with E-state index in [-0.39, 0.29) is 6.04 Å². The second kappa shape index (κ2) is 8.98. The van der Waals surface area contributed by atoms with Gasteiger partial charge in [-0.1, -0.05) is 39.8 Å². The molecule has 0 aliphatic rings. The largest absolute Gasteiger partial charge is 0.383 e. The van der Waals surface area contributed by atoms with Gasteiger partial charge in [0.05, 0.1) is 0 Å². The van der Waals surface area contributed by atoms with Gasteiger partial charge in [0.25, 0.3) is 0 Å². The lowest BCUT2D eigenvalue weighted by Gasteiger charge is -2.18. The summed E-state index contributed by atoms with van der Waals surface area (Å²) < 4.78 is 0. The first-order valence-corrected chi connectivity index (χ1v) is 7.87. The molecule has 0 saturated heterocycles. The van der Waals surface area contributed by atoms with Crippen LogP contribution in [0.25, 0.3) is 0 Å². The molecule has 0 saturated carbocycles. The maximum Gasteiger partial charge on any atom is 0.0340 e. The van der Waals surface area contributed by atoms with Crippen molar-refractivity contribution in [2.24, 2.45) is 11.7 Å². The first-order valence-electron chi connectivity index (χ1n) is 7.87. The lowest BCUT2D eigenvalue weighted by molar-refractivity contribution is 0.308. The third-order valence-electron chi connectivity index (χ3n) is 3.96. The summed E-state index contributed by atoms with van der Waals surface area (Å²) in [6.45, 7) is 13.0. The van der Waals surface area contributed by atoms with E-state index in [2.05, 4.69) is 62.2 Å². The Morgan fingerprint density at radius 2 is 1.70 bits per heavy atom. The van der Waals surface area contributed by atoms with E-state index < -0.39 is 0 Å². The van der Waals surface area contributed by atoms with Crippen molar-refractivity contribution >= 4 is 5.69 Å². The van der Waals surface area contributed by atoms with E-state index in [1.807, 2.05) is 0 Å². The van der Waals surface area contributed by atoms with E-state index in [0.29, 0.717) is 5.92 Å². The zero-order chi connectivity index (χ0) is 15.0. The van der Waals surface area contributed by atoms with Crippen molar-refractivity contribution < 1.29 is 0 Å². The van der Waals surface area contributed by atoms with Gasteiger partial charge in [-0.3, -0.25) is 0 Å². The third kappa shape index (κ3) is 5.93. The molecule has 20 heavy (non-hydrogen) atoms. The number of anilines is 1. The molecule has 1 aromatic carbocycles. The van der Waals surface area contributed by atoms with E-state index in [4.69, 9.17) is 5.73 Å². The van der Waals surface area contributed by atoms with Gasteiger partial charge in [-0.2, -0.15) is 0 Å². The average Bonchev–Trinajstić information content (AvgIpc) is 2.46. The molecule has 3 nitrogen and oxygen atoms in total. The van der Waals surface area contributed by atoms with Crippen LogP contribution in [-0.2, 0) is 6.42 Å². The second-order valence-electron chi connectivity index (χ2n) is 5.76. The molecule has 3 heteroatoms. The fourth-order valence-electron chi connectivity index (χ4n) is 2.09. The van der Waals surface area contributed by atoms with E-state index in [1.54, 1.807) is 0 Å². The van der Waals surface area contributed by atoms with Crippen LogP contribution in [0.15, 0.2) is 24.3 Å². The van der Waals surface area contributed by atoms with E-state index in [1.165, 1.54) is 5.56 Å². The van der Waals surface area contributed by atoms with Gasteiger partial charge in [0, 0.05) is 24.8 Å². The average molecular weight is 277 g/mol. The Bertz CT molecular complexity index is 330. The van der Waals surface area contributed by atoms with Crippen LogP contribution in [0.1, 0.15) is 33.3 Å². The first-order chi connectivity index (χ1) is 9.56. The fourth-order valence-corrected chi connectivity index (χ4v) is 2.09. The molecule has 0 aliphatic heterocycles. The number of nitrogens with two attached hydrogens (primary N) is 1. The predicted molar refractivity (Wildman–Crippen MR) is 89.2 cm³/mol. The van der Waals surface area contributed by atoms with Gasteiger partial charge in [-0.15, -0.1) is 0 Å². The lowest BCUT2D eigenvalue weighted by Crippen LogP contribution is -2.33. The lowest BCUT2D eigenvalue weighted by atomic mass is 10.1. The van der Waals surface area contributed by atoms with Crippen LogP contribution in [0, 0.1) is 5.92 Å². The molecule has 114 valence electrons. The monoisotopic (exact) mass is 277 g/mol. The van der Waals surface area contributed by atoms with Crippen LogP contribution in [0.2, 0.25) is 0 Å². The number of likely N-dealkylation sites (N-methyl/N-ethyl adjacent to an activating group) is 1. The molecular formula is C17H31N3. The standard InChI is InChI=1S/C17H31N3/c1-5-20(6-2)12-11-15-7-9-16(10-8-15)19-13-17(18)14(3)4/h7-10,14,17,19H,5-6,11-13,18H2,1-4H3. The van der Waals surface area contributed by atoms with Gasteiger partial charge in [-0.25, -0.2) is 0 Å². The van der Waals surface area contributed by atoms with Gasteiger partial charge >= 0.3 is 0 Å². The molecule has 0 fully saturated rings. The van der Waals surface area contributed by atoms with Gasteiger partial charge < -0.3 is 16.0 Å². The SMILES string of the molecule is CCN(CC)CCc1ccc(NCC(N)C(C)C)cc1. The maximum atomic E-state index is 6.04. The Hall–Kier alpha value is -1.06. The van der Waals surface area contributed by atoms with Crippen molar-refractivity contribution in [3.63, 3.8) is 0 Å². The summed E-state index contributed by atoms with van der Waals surface area (Å²) in [6.07, 6.45) is 1.12. The molecule has 0 radical (unpaired) electrons. The smallest absolute Gasteiger partial charge is 0.0340 e. The summed E-state index contributed by atoms with van der Waals surface area (Å²) in [4.78, 5) is 2.45. The summed E-state index contributed by atoms with van der Waals surface area (Å²) in [5, 5.41) is 3.40. The fraction of sp³-hybridized carbons (Fsp3) is 0.647.